The van der Waals surface area contributed by atoms with Gasteiger partial charge in [-0.25, -0.2) is 9.78 Å². The van der Waals surface area contributed by atoms with Crippen LogP contribution < -0.4 is 4.74 Å². The summed E-state index contributed by atoms with van der Waals surface area (Å²) in [4.78, 5) is 15.9. The summed E-state index contributed by atoms with van der Waals surface area (Å²) in [5, 5.41) is 7.01. The molecule has 2 heterocycles. The summed E-state index contributed by atoms with van der Waals surface area (Å²) in [5.41, 5.74) is 3.33. The van der Waals surface area contributed by atoms with E-state index in [2.05, 4.69) is 15.2 Å². The number of pyridine rings is 1. The van der Waals surface area contributed by atoms with Gasteiger partial charge in [-0.1, -0.05) is 0 Å². The molecule has 2 rings (SSSR count). The molecule has 0 aliphatic rings. The Morgan fingerprint density at radius 1 is 1.40 bits per heavy atom. The number of rotatable bonds is 5. The Morgan fingerprint density at radius 3 is 2.85 bits per heavy atom. The number of H-pyrrole nitrogens is 1. The van der Waals surface area contributed by atoms with E-state index in [1.165, 1.54) is 7.11 Å². The lowest BCUT2D eigenvalue weighted by atomic mass is 10.1. The van der Waals surface area contributed by atoms with Crippen molar-refractivity contribution in [3.63, 3.8) is 0 Å². The van der Waals surface area contributed by atoms with E-state index >= 15 is 0 Å². The molecule has 0 saturated carbocycles. The molecule has 0 radical (unpaired) electrons. The molecule has 0 saturated heterocycles. The molecule has 2 aromatic rings. The van der Waals surface area contributed by atoms with Gasteiger partial charge in [-0.05, 0) is 31.5 Å². The number of nitrogens with zero attached hydrogens (tertiary/aromatic N) is 2. The summed E-state index contributed by atoms with van der Waals surface area (Å²) in [6, 6.07) is 3.30. The van der Waals surface area contributed by atoms with Crippen LogP contribution in [-0.4, -0.2) is 34.9 Å². The summed E-state index contributed by atoms with van der Waals surface area (Å²) >= 11 is 0. The fraction of sp³-hybridized carbons (Fsp3) is 0.357. The van der Waals surface area contributed by atoms with Crippen LogP contribution in [0.3, 0.4) is 0 Å². The minimum atomic E-state index is -0.436. The molecule has 0 fully saturated rings. The second-order valence-electron chi connectivity index (χ2n) is 4.36. The second-order valence-corrected chi connectivity index (χ2v) is 4.36. The van der Waals surface area contributed by atoms with Crippen LogP contribution in [0.2, 0.25) is 0 Å². The van der Waals surface area contributed by atoms with Gasteiger partial charge in [0.25, 0.3) is 0 Å². The Balaban J connectivity index is 1.96. The van der Waals surface area contributed by atoms with Crippen LogP contribution in [0.1, 0.15) is 27.3 Å². The number of hydrogen-bond acceptors (Lipinski definition) is 5. The molecule has 20 heavy (non-hydrogen) atoms. The van der Waals surface area contributed by atoms with E-state index in [4.69, 9.17) is 9.47 Å². The molecule has 6 heteroatoms. The first kappa shape index (κ1) is 14.0. The van der Waals surface area contributed by atoms with Crippen molar-refractivity contribution < 1.29 is 14.3 Å². The van der Waals surface area contributed by atoms with E-state index in [0.29, 0.717) is 12.0 Å². The van der Waals surface area contributed by atoms with E-state index in [0.717, 1.165) is 17.0 Å². The number of aromatic amines is 1. The Bertz CT molecular complexity index is 588. The third-order valence-electron chi connectivity index (χ3n) is 3.05. The van der Waals surface area contributed by atoms with Gasteiger partial charge in [0.1, 0.15) is 5.56 Å². The van der Waals surface area contributed by atoms with Gasteiger partial charge in [0.15, 0.2) is 0 Å². The molecule has 0 aliphatic heterocycles. The SMILES string of the molecule is COc1ncccc1C(=O)OCCc1c(C)n[nH]c1C. The van der Waals surface area contributed by atoms with E-state index in [-0.39, 0.29) is 12.5 Å². The molecule has 0 aliphatic carbocycles. The van der Waals surface area contributed by atoms with Gasteiger partial charge < -0.3 is 9.47 Å². The number of methoxy groups -OCH3 is 1. The lowest BCUT2D eigenvalue weighted by Gasteiger charge is -2.07. The fourth-order valence-corrected chi connectivity index (χ4v) is 1.97. The molecule has 106 valence electrons. The number of aromatic nitrogens is 3. The van der Waals surface area contributed by atoms with Gasteiger partial charge in [-0.15, -0.1) is 0 Å². The molecule has 1 N–H and O–H groups in total. The second kappa shape index (κ2) is 6.18. The monoisotopic (exact) mass is 275 g/mol. The van der Waals surface area contributed by atoms with Crippen LogP contribution >= 0.6 is 0 Å². The van der Waals surface area contributed by atoms with Crippen molar-refractivity contribution in [1.29, 1.82) is 0 Å². The predicted molar refractivity (Wildman–Crippen MR) is 72.8 cm³/mol. The van der Waals surface area contributed by atoms with Crippen LogP contribution in [-0.2, 0) is 11.2 Å². The maximum absolute atomic E-state index is 12.0. The van der Waals surface area contributed by atoms with Gasteiger partial charge in [0, 0.05) is 18.3 Å². The topological polar surface area (TPSA) is 77.1 Å². The van der Waals surface area contributed by atoms with E-state index in [1.54, 1.807) is 18.3 Å². The lowest BCUT2D eigenvalue weighted by Crippen LogP contribution is -2.10. The van der Waals surface area contributed by atoms with E-state index in [9.17, 15) is 4.79 Å². The molecular weight excluding hydrogens is 258 g/mol. The number of carbonyl (C=O) groups is 1. The van der Waals surface area contributed by atoms with Gasteiger partial charge in [0.2, 0.25) is 5.88 Å². The van der Waals surface area contributed by atoms with Crippen molar-refractivity contribution >= 4 is 5.97 Å². The summed E-state index contributed by atoms with van der Waals surface area (Å²) < 4.78 is 10.3. The van der Waals surface area contributed by atoms with Crippen molar-refractivity contribution in [2.75, 3.05) is 13.7 Å². The normalized spacial score (nSPS) is 10.3. The summed E-state index contributed by atoms with van der Waals surface area (Å²) in [6.07, 6.45) is 2.19. The third-order valence-corrected chi connectivity index (χ3v) is 3.05. The van der Waals surface area contributed by atoms with Crippen molar-refractivity contribution in [3.8, 4) is 5.88 Å². The van der Waals surface area contributed by atoms with Gasteiger partial charge in [-0.3, -0.25) is 5.10 Å². The first-order valence-electron chi connectivity index (χ1n) is 6.30. The minimum Gasteiger partial charge on any atom is -0.480 e. The lowest BCUT2D eigenvalue weighted by molar-refractivity contribution is 0.0504. The molecule has 0 bridgehead atoms. The molecule has 2 aromatic heterocycles. The fourth-order valence-electron chi connectivity index (χ4n) is 1.97. The van der Waals surface area contributed by atoms with Gasteiger partial charge in [-0.2, -0.15) is 5.10 Å². The van der Waals surface area contributed by atoms with Crippen LogP contribution in [0, 0.1) is 13.8 Å². The van der Waals surface area contributed by atoms with Crippen LogP contribution in [0.25, 0.3) is 0 Å². The molecular formula is C14H17N3O3. The Kier molecular flexibility index (Phi) is 4.34. The number of esters is 1. The summed E-state index contributed by atoms with van der Waals surface area (Å²) in [6.45, 7) is 4.16. The highest BCUT2D eigenvalue weighted by Gasteiger charge is 2.15. The molecule has 0 atom stereocenters. The Labute approximate surface area is 117 Å². The molecule has 6 nitrogen and oxygen atoms in total. The van der Waals surface area contributed by atoms with E-state index < -0.39 is 5.97 Å². The Hall–Kier alpha value is -2.37. The van der Waals surface area contributed by atoms with E-state index in [1.807, 2.05) is 13.8 Å². The van der Waals surface area contributed by atoms with Crippen molar-refractivity contribution in [1.82, 2.24) is 15.2 Å². The average Bonchev–Trinajstić information content (AvgIpc) is 2.78. The van der Waals surface area contributed by atoms with Gasteiger partial charge in [0.05, 0.1) is 19.4 Å². The van der Waals surface area contributed by atoms with Gasteiger partial charge >= 0.3 is 5.97 Å². The minimum absolute atomic E-state index is 0.271. The zero-order valence-corrected chi connectivity index (χ0v) is 11.8. The first-order chi connectivity index (χ1) is 9.63. The number of aryl methyl sites for hydroxylation is 2. The predicted octanol–water partition coefficient (Wildman–Crippen LogP) is 1.83. The third kappa shape index (κ3) is 2.96. The maximum atomic E-state index is 12.0. The molecule has 0 unspecified atom stereocenters. The zero-order chi connectivity index (χ0) is 14.5. The van der Waals surface area contributed by atoms with Crippen LogP contribution in [0.4, 0.5) is 0 Å². The summed E-state index contributed by atoms with van der Waals surface area (Å²) in [7, 11) is 1.47. The smallest absolute Gasteiger partial charge is 0.343 e. The maximum Gasteiger partial charge on any atom is 0.343 e. The number of nitrogens with one attached hydrogen (secondary N) is 1. The van der Waals surface area contributed by atoms with Crippen molar-refractivity contribution in [2.24, 2.45) is 0 Å². The number of carbonyl (C=O) groups excluding carboxylic acids is 1. The Morgan fingerprint density at radius 2 is 2.20 bits per heavy atom. The standard InChI is InChI=1S/C14H17N3O3/c1-9-11(10(2)17-16-9)6-8-20-14(18)12-5-4-7-15-13(12)19-3/h4-5,7H,6,8H2,1-3H3,(H,16,17). The largest absolute Gasteiger partial charge is 0.480 e. The highest BCUT2D eigenvalue weighted by atomic mass is 16.5. The molecule has 0 spiro atoms. The van der Waals surface area contributed by atoms with Crippen molar-refractivity contribution in [2.45, 2.75) is 20.3 Å². The van der Waals surface area contributed by atoms with Crippen molar-refractivity contribution in [3.05, 3.63) is 40.8 Å². The number of ether oxygens (including phenoxy) is 2. The zero-order valence-electron chi connectivity index (χ0n) is 11.8. The highest BCUT2D eigenvalue weighted by Crippen LogP contribution is 2.15. The average molecular weight is 275 g/mol. The quantitative estimate of drug-likeness (QED) is 0.842. The summed E-state index contributed by atoms with van der Waals surface area (Å²) in [5.74, 6) is -0.165. The molecule has 0 amide bonds. The van der Waals surface area contributed by atoms with Crippen LogP contribution in [0.5, 0.6) is 5.88 Å². The first-order valence-corrected chi connectivity index (χ1v) is 6.30. The molecule has 0 aromatic carbocycles. The number of hydrogen-bond donors (Lipinski definition) is 1. The highest BCUT2D eigenvalue weighted by molar-refractivity contribution is 5.91. The van der Waals surface area contributed by atoms with Crippen LogP contribution in [0.15, 0.2) is 18.3 Å².